The number of aromatic amines is 1. The molecule has 0 amide bonds. The van der Waals surface area contributed by atoms with E-state index in [1.54, 1.807) is 12.1 Å². The van der Waals surface area contributed by atoms with Crippen molar-refractivity contribution >= 4 is 10.9 Å². The molecule has 0 bridgehead atoms. The number of H-pyrrole nitrogens is 1. The summed E-state index contributed by atoms with van der Waals surface area (Å²) in [6, 6.07) is 34.1. The van der Waals surface area contributed by atoms with Crippen LogP contribution in [0.2, 0.25) is 0 Å². The largest absolute Gasteiger partial charge is 0.508 e. The van der Waals surface area contributed by atoms with Gasteiger partial charge in [-0.1, -0.05) is 48.5 Å². The number of benzene rings is 4. The van der Waals surface area contributed by atoms with Crippen LogP contribution in [0.25, 0.3) is 33.3 Å². The number of nitrogens with one attached hydrogen (secondary N) is 1. The Hall–Kier alpha value is -4.26. The van der Waals surface area contributed by atoms with Crippen LogP contribution >= 0.6 is 0 Å². The summed E-state index contributed by atoms with van der Waals surface area (Å²) in [5.41, 5.74) is 5.51. The Kier molecular flexibility index (Phi) is 10.1. The van der Waals surface area contributed by atoms with Gasteiger partial charge in [0.15, 0.2) is 0 Å². The number of hydrogen-bond acceptors (Lipinski definition) is 5. The van der Waals surface area contributed by atoms with E-state index in [1.807, 2.05) is 60.7 Å². The van der Waals surface area contributed by atoms with Crippen molar-refractivity contribution < 1.29 is 14.6 Å². The average Bonchev–Trinajstić information content (AvgIpc) is 3.85. The van der Waals surface area contributed by atoms with Crippen LogP contribution in [0.3, 0.4) is 0 Å². The second-order valence-electron chi connectivity index (χ2n) is 11.6. The number of aromatic nitrogens is 1. The number of phenols is 1. The van der Waals surface area contributed by atoms with Gasteiger partial charge in [0, 0.05) is 29.6 Å². The Bertz CT molecular complexity index is 1570. The molecule has 2 fully saturated rings. The molecule has 2 aliphatic rings. The van der Waals surface area contributed by atoms with Crippen molar-refractivity contribution in [1.82, 2.24) is 14.8 Å². The summed E-state index contributed by atoms with van der Waals surface area (Å²) in [6.45, 7) is 8.49. The monoisotopic (exact) mass is 589 g/mol. The van der Waals surface area contributed by atoms with Crippen LogP contribution in [0.4, 0.5) is 0 Å². The highest BCUT2D eigenvalue weighted by Gasteiger charge is 2.16. The average molecular weight is 590 g/mol. The fourth-order valence-corrected chi connectivity index (χ4v) is 6.12. The zero-order chi connectivity index (χ0) is 30.0. The Balaban J connectivity index is 0.000000205. The lowest BCUT2D eigenvalue weighted by atomic mass is 9.98. The maximum absolute atomic E-state index is 9.70. The minimum atomic E-state index is 0.274. The standard InChI is InChI=1S/C26H26N2O2.C12H17NO/c29-21-11-7-19(8-12-21)25-23-5-1-2-6-24(23)27-26(25)20-9-13-22(14-10-20)30-18-17-28-15-3-4-16-28;1-2-6-12(7-3-1)14-11-10-13-8-4-5-9-13/h1-2,5-14,27,29H,3-4,15-18H2;1-3,6-7H,4-5,8-11H2. The van der Waals surface area contributed by atoms with Gasteiger partial charge in [0.1, 0.15) is 30.5 Å². The summed E-state index contributed by atoms with van der Waals surface area (Å²) in [6.07, 6.45) is 5.32. The third-order valence-electron chi connectivity index (χ3n) is 8.50. The molecule has 0 saturated carbocycles. The highest BCUT2D eigenvalue weighted by atomic mass is 16.5. The van der Waals surface area contributed by atoms with E-state index in [0.717, 1.165) is 65.7 Å². The third-order valence-corrected chi connectivity index (χ3v) is 8.50. The van der Waals surface area contributed by atoms with Gasteiger partial charge in [-0.2, -0.15) is 0 Å². The van der Waals surface area contributed by atoms with E-state index < -0.39 is 0 Å². The maximum atomic E-state index is 9.70. The second kappa shape index (κ2) is 15.0. The van der Waals surface area contributed by atoms with Crippen LogP contribution in [-0.2, 0) is 0 Å². The van der Waals surface area contributed by atoms with Gasteiger partial charge < -0.3 is 19.6 Å². The predicted octanol–water partition coefficient (Wildman–Crippen LogP) is 7.84. The number of fused-ring (bicyclic) bond motifs is 1. The molecule has 0 aliphatic carbocycles. The number of hydrogen-bond donors (Lipinski definition) is 2. The first-order valence-electron chi connectivity index (χ1n) is 16.0. The number of phenolic OH excluding ortho intramolecular Hbond substituents is 1. The maximum Gasteiger partial charge on any atom is 0.119 e. The van der Waals surface area contributed by atoms with Crippen molar-refractivity contribution in [2.75, 3.05) is 52.5 Å². The first-order valence-corrected chi connectivity index (χ1v) is 16.0. The van der Waals surface area contributed by atoms with Crippen molar-refractivity contribution in [1.29, 1.82) is 0 Å². The first-order chi connectivity index (χ1) is 21.7. The molecule has 1 aromatic heterocycles. The number of likely N-dealkylation sites (tertiary alicyclic amines) is 2. The van der Waals surface area contributed by atoms with Gasteiger partial charge in [-0.3, -0.25) is 9.80 Å². The lowest BCUT2D eigenvalue weighted by Crippen LogP contribution is -2.25. The summed E-state index contributed by atoms with van der Waals surface area (Å²) in [5, 5.41) is 10.9. The predicted molar refractivity (Wildman–Crippen MR) is 180 cm³/mol. The van der Waals surface area contributed by atoms with E-state index in [1.165, 1.54) is 57.2 Å². The second-order valence-corrected chi connectivity index (χ2v) is 11.6. The summed E-state index contributed by atoms with van der Waals surface area (Å²) >= 11 is 0. The lowest BCUT2D eigenvalue weighted by molar-refractivity contribution is 0.237. The first kappa shape index (κ1) is 29.8. The van der Waals surface area contributed by atoms with Gasteiger partial charge >= 0.3 is 0 Å². The SMILES string of the molecule is Oc1ccc(-c2c(-c3ccc(OCCN4CCCC4)cc3)[nH]c3ccccc23)cc1.c1ccc(OCCN2CCCC2)cc1. The molecule has 3 heterocycles. The summed E-state index contributed by atoms with van der Waals surface area (Å²) in [4.78, 5) is 8.51. The molecule has 6 heteroatoms. The number of para-hydroxylation sites is 2. The fraction of sp³-hybridized carbons (Fsp3) is 0.316. The lowest BCUT2D eigenvalue weighted by Gasteiger charge is -2.15. The van der Waals surface area contributed by atoms with Crippen LogP contribution in [0, 0.1) is 0 Å². The normalized spacial score (nSPS) is 15.3. The molecule has 0 spiro atoms. The number of ether oxygens (including phenoxy) is 2. The summed E-state index contributed by atoms with van der Waals surface area (Å²) in [5.74, 6) is 2.16. The Morgan fingerprint density at radius 1 is 0.568 bits per heavy atom. The van der Waals surface area contributed by atoms with Gasteiger partial charge in [0.05, 0.1) is 5.69 Å². The zero-order valence-electron chi connectivity index (χ0n) is 25.5. The highest BCUT2D eigenvalue weighted by molar-refractivity contribution is 6.03. The van der Waals surface area contributed by atoms with Crippen LogP contribution in [0.15, 0.2) is 103 Å². The minimum absolute atomic E-state index is 0.274. The molecule has 2 N–H and O–H groups in total. The molecule has 2 aliphatic heterocycles. The van der Waals surface area contributed by atoms with Gasteiger partial charge in [0.25, 0.3) is 0 Å². The summed E-state index contributed by atoms with van der Waals surface area (Å²) < 4.78 is 11.6. The molecule has 0 radical (unpaired) electrons. The Labute approximate surface area is 260 Å². The van der Waals surface area contributed by atoms with Crippen LogP contribution in [-0.4, -0.2) is 72.4 Å². The quantitative estimate of drug-likeness (QED) is 0.174. The minimum Gasteiger partial charge on any atom is -0.508 e. The number of nitrogens with zero attached hydrogens (tertiary/aromatic N) is 2. The summed E-state index contributed by atoms with van der Waals surface area (Å²) in [7, 11) is 0. The van der Waals surface area contributed by atoms with Crippen LogP contribution in [0.5, 0.6) is 17.2 Å². The van der Waals surface area contributed by atoms with E-state index in [-0.39, 0.29) is 5.75 Å². The van der Waals surface area contributed by atoms with Crippen LogP contribution < -0.4 is 9.47 Å². The molecule has 228 valence electrons. The van der Waals surface area contributed by atoms with E-state index in [9.17, 15) is 5.11 Å². The molecule has 0 atom stereocenters. The highest BCUT2D eigenvalue weighted by Crippen LogP contribution is 2.39. The van der Waals surface area contributed by atoms with Crippen LogP contribution in [0.1, 0.15) is 25.7 Å². The van der Waals surface area contributed by atoms with E-state index in [0.29, 0.717) is 0 Å². The molecule has 5 aromatic rings. The molecule has 44 heavy (non-hydrogen) atoms. The van der Waals surface area contributed by atoms with Gasteiger partial charge in [0.2, 0.25) is 0 Å². The molecular weight excluding hydrogens is 546 g/mol. The van der Waals surface area contributed by atoms with E-state index >= 15 is 0 Å². The smallest absolute Gasteiger partial charge is 0.119 e. The van der Waals surface area contributed by atoms with Crippen molar-refractivity contribution in [2.45, 2.75) is 25.7 Å². The van der Waals surface area contributed by atoms with Gasteiger partial charge in [-0.25, -0.2) is 0 Å². The fourth-order valence-electron chi connectivity index (χ4n) is 6.12. The van der Waals surface area contributed by atoms with Gasteiger partial charge in [-0.15, -0.1) is 0 Å². The van der Waals surface area contributed by atoms with E-state index in [4.69, 9.17) is 9.47 Å². The molecular formula is C38H43N3O3. The molecule has 2 saturated heterocycles. The number of aromatic hydroxyl groups is 1. The van der Waals surface area contributed by atoms with Crippen molar-refractivity contribution in [3.05, 3.63) is 103 Å². The Morgan fingerprint density at radius 3 is 1.70 bits per heavy atom. The Morgan fingerprint density at radius 2 is 1.09 bits per heavy atom. The topological polar surface area (TPSA) is 61.0 Å². The van der Waals surface area contributed by atoms with Crippen molar-refractivity contribution in [3.63, 3.8) is 0 Å². The molecule has 0 unspecified atom stereocenters. The van der Waals surface area contributed by atoms with Gasteiger partial charge in [-0.05, 0) is 118 Å². The van der Waals surface area contributed by atoms with Crippen molar-refractivity contribution in [2.24, 2.45) is 0 Å². The number of rotatable bonds is 10. The zero-order valence-corrected chi connectivity index (χ0v) is 25.5. The third kappa shape index (κ3) is 7.81. The van der Waals surface area contributed by atoms with Crippen molar-refractivity contribution in [3.8, 4) is 39.6 Å². The molecule has 6 nitrogen and oxygen atoms in total. The molecule has 4 aromatic carbocycles. The van der Waals surface area contributed by atoms with E-state index in [2.05, 4.69) is 45.1 Å². The molecule has 7 rings (SSSR count).